The Kier molecular flexibility index (Phi) is 3.29. The maximum Gasteiger partial charge on any atom is 0.496 e. The van der Waals surface area contributed by atoms with Crippen molar-refractivity contribution in [2.24, 2.45) is 0 Å². The Morgan fingerprint density at radius 3 is 2.25 bits per heavy atom. The molecule has 1 heterocycles. The number of halogens is 1. The summed E-state index contributed by atoms with van der Waals surface area (Å²) >= 11 is 0. The molecule has 0 aromatic heterocycles. The molecule has 3 nitrogen and oxygen atoms in total. The summed E-state index contributed by atoms with van der Waals surface area (Å²) in [6.45, 7) is 8.08. The lowest BCUT2D eigenvalue weighted by Gasteiger charge is -2.32. The number of nitrogen functional groups attached to an aromatic ring is 1. The van der Waals surface area contributed by atoms with Gasteiger partial charge in [0, 0.05) is 16.5 Å². The molecule has 2 aromatic carbocycles. The Hall–Kier alpha value is -1.59. The van der Waals surface area contributed by atoms with Crippen LogP contribution in [0.5, 0.6) is 0 Å². The second-order valence-electron chi connectivity index (χ2n) is 8.02. The van der Waals surface area contributed by atoms with Gasteiger partial charge in [0.25, 0.3) is 0 Å². The van der Waals surface area contributed by atoms with Crippen LogP contribution < -0.4 is 11.2 Å². The standard InChI is InChI=1S/C19H23BFNO2/c1-18(2)19(3,4)24-20(23-18)16-10-14(11-5-6-11)13-8-7-12(21)9-15(13)17(16)22/h7-11H,5-6,22H2,1-4H3. The van der Waals surface area contributed by atoms with Crippen LogP contribution >= 0.6 is 0 Å². The SMILES string of the molecule is CC1(C)OB(c2cc(C3CC3)c3ccc(F)cc3c2N)OC1(C)C. The molecule has 0 bridgehead atoms. The first kappa shape index (κ1) is 15.9. The van der Waals surface area contributed by atoms with E-state index in [2.05, 4.69) is 6.07 Å². The summed E-state index contributed by atoms with van der Waals surface area (Å²) in [4.78, 5) is 0. The molecular weight excluding hydrogens is 304 g/mol. The van der Waals surface area contributed by atoms with E-state index in [0.29, 0.717) is 11.6 Å². The molecule has 1 aliphatic carbocycles. The number of benzene rings is 2. The third-order valence-electron chi connectivity index (χ3n) is 5.73. The third-order valence-corrected chi connectivity index (χ3v) is 5.73. The topological polar surface area (TPSA) is 44.5 Å². The number of hydrogen-bond acceptors (Lipinski definition) is 3. The average Bonchev–Trinajstić information content (AvgIpc) is 3.28. The van der Waals surface area contributed by atoms with Gasteiger partial charge in [-0.15, -0.1) is 0 Å². The van der Waals surface area contributed by atoms with E-state index in [1.54, 1.807) is 0 Å². The van der Waals surface area contributed by atoms with E-state index < -0.39 is 18.3 Å². The highest BCUT2D eigenvalue weighted by Crippen LogP contribution is 2.44. The van der Waals surface area contributed by atoms with Crippen molar-refractivity contribution < 1.29 is 13.7 Å². The minimum absolute atomic E-state index is 0.276. The van der Waals surface area contributed by atoms with Crippen molar-refractivity contribution >= 4 is 29.0 Å². The molecule has 2 aliphatic rings. The molecule has 2 aromatic rings. The summed E-state index contributed by atoms with van der Waals surface area (Å²) in [5, 5.41) is 1.79. The van der Waals surface area contributed by atoms with Gasteiger partial charge in [0.15, 0.2) is 0 Å². The maximum atomic E-state index is 13.8. The van der Waals surface area contributed by atoms with Gasteiger partial charge in [-0.2, -0.15) is 0 Å². The Morgan fingerprint density at radius 2 is 1.67 bits per heavy atom. The number of nitrogens with two attached hydrogens (primary N) is 1. The van der Waals surface area contributed by atoms with Crippen molar-refractivity contribution in [1.82, 2.24) is 0 Å². The van der Waals surface area contributed by atoms with Gasteiger partial charge in [0.2, 0.25) is 0 Å². The predicted octanol–water partition coefficient (Wildman–Crippen LogP) is 3.74. The number of fused-ring (bicyclic) bond motifs is 1. The fourth-order valence-corrected chi connectivity index (χ4v) is 3.37. The zero-order valence-corrected chi connectivity index (χ0v) is 14.7. The molecule has 2 N–H and O–H groups in total. The van der Waals surface area contributed by atoms with Gasteiger partial charge < -0.3 is 15.0 Å². The Bertz CT molecular complexity index is 814. The van der Waals surface area contributed by atoms with Gasteiger partial charge in [0.05, 0.1) is 11.2 Å². The molecule has 24 heavy (non-hydrogen) atoms. The Morgan fingerprint density at radius 1 is 1.04 bits per heavy atom. The van der Waals surface area contributed by atoms with Crippen LogP contribution in [-0.4, -0.2) is 18.3 Å². The smallest absolute Gasteiger partial charge is 0.399 e. The largest absolute Gasteiger partial charge is 0.496 e. The average molecular weight is 327 g/mol. The second-order valence-corrected chi connectivity index (χ2v) is 8.02. The van der Waals surface area contributed by atoms with E-state index in [4.69, 9.17) is 15.0 Å². The molecule has 2 fully saturated rings. The third kappa shape index (κ3) is 2.33. The first-order chi connectivity index (χ1) is 11.2. The zero-order valence-electron chi connectivity index (χ0n) is 14.7. The van der Waals surface area contributed by atoms with Crippen LogP contribution in [0.1, 0.15) is 52.0 Å². The van der Waals surface area contributed by atoms with Gasteiger partial charge in [-0.1, -0.05) is 12.1 Å². The molecular formula is C19H23BFNO2. The van der Waals surface area contributed by atoms with Gasteiger partial charge in [0.1, 0.15) is 5.82 Å². The summed E-state index contributed by atoms with van der Waals surface area (Å²) in [5.74, 6) is 0.252. The fraction of sp³-hybridized carbons (Fsp3) is 0.474. The van der Waals surface area contributed by atoms with Gasteiger partial charge >= 0.3 is 7.12 Å². The van der Waals surface area contributed by atoms with Crippen LogP contribution in [-0.2, 0) is 9.31 Å². The van der Waals surface area contributed by atoms with Crippen LogP contribution in [0.4, 0.5) is 10.1 Å². The van der Waals surface area contributed by atoms with Gasteiger partial charge in [-0.05, 0) is 69.5 Å². The van der Waals surface area contributed by atoms with Crippen molar-refractivity contribution in [3.8, 4) is 0 Å². The summed E-state index contributed by atoms with van der Waals surface area (Å²) in [7, 11) is -0.528. The summed E-state index contributed by atoms with van der Waals surface area (Å²) < 4.78 is 26.1. The molecule has 0 spiro atoms. The van der Waals surface area contributed by atoms with E-state index in [1.807, 2.05) is 33.8 Å². The highest BCUT2D eigenvalue weighted by Gasteiger charge is 2.52. The summed E-state index contributed by atoms with van der Waals surface area (Å²) in [5.41, 5.74) is 8.14. The molecule has 1 saturated heterocycles. The summed E-state index contributed by atoms with van der Waals surface area (Å²) in [6, 6.07) is 6.96. The molecule has 1 saturated carbocycles. The van der Waals surface area contributed by atoms with Crippen molar-refractivity contribution in [1.29, 1.82) is 0 Å². The molecule has 0 radical (unpaired) electrons. The Labute approximate surface area is 142 Å². The molecule has 4 rings (SSSR count). The minimum Gasteiger partial charge on any atom is -0.399 e. The number of rotatable bonds is 2. The monoisotopic (exact) mass is 327 g/mol. The highest BCUT2D eigenvalue weighted by atomic mass is 19.1. The van der Waals surface area contributed by atoms with Crippen molar-refractivity contribution in [3.63, 3.8) is 0 Å². The van der Waals surface area contributed by atoms with Crippen LogP contribution in [0.2, 0.25) is 0 Å². The molecule has 0 unspecified atom stereocenters. The lowest BCUT2D eigenvalue weighted by atomic mass is 9.75. The minimum atomic E-state index is -0.528. The lowest BCUT2D eigenvalue weighted by Crippen LogP contribution is -2.41. The van der Waals surface area contributed by atoms with E-state index in [-0.39, 0.29) is 5.82 Å². The van der Waals surface area contributed by atoms with Crippen LogP contribution in [0.25, 0.3) is 10.8 Å². The zero-order chi connectivity index (χ0) is 17.3. The quantitative estimate of drug-likeness (QED) is 0.675. The predicted molar refractivity (Wildman–Crippen MR) is 96.0 cm³/mol. The highest BCUT2D eigenvalue weighted by molar-refractivity contribution is 6.64. The summed E-state index contributed by atoms with van der Waals surface area (Å²) in [6.07, 6.45) is 2.33. The first-order valence-corrected chi connectivity index (χ1v) is 8.57. The maximum absolute atomic E-state index is 13.8. The van der Waals surface area contributed by atoms with E-state index in [0.717, 1.165) is 16.2 Å². The van der Waals surface area contributed by atoms with Crippen LogP contribution in [0.3, 0.4) is 0 Å². The van der Waals surface area contributed by atoms with E-state index >= 15 is 0 Å². The van der Waals surface area contributed by atoms with Crippen LogP contribution in [0, 0.1) is 5.82 Å². The molecule has 126 valence electrons. The van der Waals surface area contributed by atoms with E-state index in [1.165, 1.54) is 30.5 Å². The molecule has 0 amide bonds. The normalized spacial score (nSPS) is 22.3. The van der Waals surface area contributed by atoms with Crippen molar-refractivity contribution in [2.45, 2.75) is 57.7 Å². The van der Waals surface area contributed by atoms with Gasteiger partial charge in [-0.25, -0.2) is 4.39 Å². The van der Waals surface area contributed by atoms with Crippen molar-refractivity contribution in [3.05, 3.63) is 35.6 Å². The second kappa shape index (κ2) is 4.96. The van der Waals surface area contributed by atoms with Crippen molar-refractivity contribution in [2.75, 3.05) is 5.73 Å². The fourth-order valence-electron chi connectivity index (χ4n) is 3.37. The molecule has 5 heteroatoms. The number of anilines is 1. The number of hydrogen-bond donors (Lipinski definition) is 1. The van der Waals surface area contributed by atoms with Crippen LogP contribution in [0.15, 0.2) is 24.3 Å². The van der Waals surface area contributed by atoms with Gasteiger partial charge in [-0.3, -0.25) is 0 Å². The lowest BCUT2D eigenvalue weighted by molar-refractivity contribution is 0.00578. The van der Waals surface area contributed by atoms with E-state index in [9.17, 15) is 4.39 Å². The first-order valence-electron chi connectivity index (χ1n) is 8.57. The molecule has 0 atom stereocenters. The molecule has 1 aliphatic heterocycles. The Balaban J connectivity index is 1.89.